The summed E-state index contributed by atoms with van der Waals surface area (Å²) in [5.74, 6) is 1.63. The number of amides is 1. The van der Waals surface area contributed by atoms with Gasteiger partial charge in [-0.05, 0) is 38.0 Å². The second-order valence-corrected chi connectivity index (χ2v) is 6.92. The van der Waals surface area contributed by atoms with E-state index in [2.05, 4.69) is 38.1 Å². The summed E-state index contributed by atoms with van der Waals surface area (Å²) in [5, 5.41) is 11.2. The number of nitrogens with one attached hydrogen (secondary N) is 3. The lowest BCUT2D eigenvalue weighted by Gasteiger charge is -2.32. The molecule has 1 amide bonds. The Morgan fingerprint density at radius 1 is 1.21 bits per heavy atom. The van der Waals surface area contributed by atoms with Crippen LogP contribution in [-0.4, -0.2) is 67.8 Å². The fourth-order valence-corrected chi connectivity index (χ4v) is 3.35. The van der Waals surface area contributed by atoms with Crippen molar-refractivity contribution in [3.05, 3.63) is 36.4 Å². The van der Waals surface area contributed by atoms with E-state index in [4.69, 9.17) is 4.74 Å². The van der Waals surface area contributed by atoms with Crippen molar-refractivity contribution in [2.24, 2.45) is 4.99 Å². The number of anilines is 1. The van der Waals surface area contributed by atoms with E-state index in [9.17, 15) is 4.79 Å². The number of para-hydroxylation sites is 1. The number of nitrogens with zero attached hydrogens (tertiary/aromatic N) is 3. The number of pyridine rings is 1. The SMILES string of the molecule is CCOC(=O)N1CCC(NC(=NC)NCCNc2ccc3ccccc3n2)CC1. The lowest BCUT2D eigenvalue weighted by Crippen LogP contribution is -2.50. The average molecular weight is 399 g/mol. The third kappa shape index (κ3) is 5.97. The smallest absolute Gasteiger partial charge is 0.409 e. The highest BCUT2D eigenvalue weighted by molar-refractivity contribution is 5.80. The molecule has 0 aliphatic carbocycles. The number of hydrogen-bond acceptors (Lipinski definition) is 5. The molecule has 156 valence electrons. The third-order valence-electron chi connectivity index (χ3n) is 4.91. The van der Waals surface area contributed by atoms with Gasteiger partial charge >= 0.3 is 6.09 Å². The molecule has 0 bridgehead atoms. The topological polar surface area (TPSA) is 90.9 Å². The first-order valence-electron chi connectivity index (χ1n) is 10.2. The second kappa shape index (κ2) is 10.5. The molecule has 1 aliphatic rings. The highest BCUT2D eigenvalue weighted by Gasteiger charge is 2.23. The van der Waals surface area contributed by atoms with Gasteiger partial charge in [0.25, 0.3) is 0 Å². The summed E-state index contributed by atoms with van der Waals surface area (Å²) in [4.78, 5) is 22.5. The molecular formula is C21H30N6O2. The number of carbonyl (C=O) groups excluding carboxylic acids is 1. The van der Waals surface area contributed by atoms with E-state index in [-0.39, 0.29) is 6.09 Å². The van der Waals surface area contributed by atoms with Gasteiger partial charge < -0.3 is 25.6 Å². The molecule has 2 aromatic rings. The number of piperidine rings is 1. The standard InChI is InChI=1S/C21H30N6O2/c1-3-29-21(28)27-14-10-17(11-15-27)25-20(22-2)24-13-12-23-19-9-8-16-6-4-5-7-18(16)26-19/h4-9,17H,3,10-15H2,1-2H3,(H,23,26)(H2,22,24,25). The van der Waals surface area contributed by atoms with Crippen molar-refractivity contribution >= 4 is 28.8 Å². The predicted octanol–water partition coefficient (Wildman–Crippen LogP) is 2.43. The first-order chi connectivity index (χ1) is 14.2. The molecule has 0 unspecified atom stereocenters. The number of aliphatic imine (C=N–C) groups is 1. The first-order valence-corrected chi connectivity index (χ1v) is 10.2. The molecule has 2 heterocycles. The molecular weight excluding hydrogens is 368 g/mol. The maximum absolute atomic E-state index is 11.8. The molecule has 1 fully saturated rings. The van der Waals surface area contributed by atoms with Crippen molar-refractivity contribution < 1.29 is 9.53 Å². The number of rotatable bonds is 6. The number of carbonyl (C=O) groups is 1. The number of guanidine groups is 1. The minimum absolute atomic E-state index is 0.221. The molecule has 1 saturated heterocycles. The molecule has 1 aromatic heterocycles. The molecule has 3 N–H and O–H groups in total. The molecule has 0 spiro atoms. The van der Waals surface area contributed by atoms with Crippen molar-refractivity contribution in [3.8, 4) is 0 Å². The van der Waals surface area contributed by atoms with Crippen LogP contribution in [0.1, 0.15) is 19.8 Å². The molecule has 3 rings (SSSR count). The molecule has 29 heavy (non-hydrogen) atoms. The summed E-state index contributed by atoms with van der Waals surface area (Å²) in [7, 11) is 1.77. The van der Waals surface area contributed by atoms with Gasteiger partial charge in [0.15, 0.2) is 5.96 Å². The van der Waals surface area contributed by atoms with Crippen LogP contribution in [0.4, 0.5) is 10.6 Å². The van der Waals surface area contributed by atoms with E-state index in [1.807, 2.05) is 31.2 Å². The minimum atomic E-state index is -0.221. The average Bonchev–Trinajstić information content (AvgIpc) is 2.76. The highest BCUT2D eigenvalue weighted by Crippen LogP contribution is 2.14. The van der Waals surface area contributed by atoms with Crippen LogP contribution in [0.5, 0.6) is 0 Å². The Balaban J connectivity index is 1.38. The van der Waals surface area contributed by atoms with Crippen LogP contribution in [0.15, 0.2) is 41.4 Å². The molecule has 8 heteroatoms. The van der Waals surface area contributed by atoms with Gasteiger partial charge in [-0.25, -0.2) is 9.78 Å². The zero-order chi connectivity index (χ0) is 20.5. The molecule has 1 aromatic carbocycles. The lowest BCUT2D eigenvalue weighted by atomic mass is 10.1. The number of aromatic nitrogens is 1. The zero-order valence-electron chi connectivity index (χ0n) is 17.1. The Hall–Kier alpha value is -3.03. The van der Waals surface area contributed by atoms with Crippen molar-refractivity contribution in [2.75, 3.05) is 45.2 Å². The van der Waals surface area contributed by atoms with Crippen LogP contribution >= 0.6 is 0 Å². The zero-order valence-corrected chi connectivity index (χ0v) is 17.1. The lowest BCUT2D eigenvalue weighted by molar-refractivity contribution is 0.0963. The fraction of sp³-hybridized carbons (Fsp3) is 0.476. The third-order valence-corrected chi connectivity index (χ3v) is 4.91. The summed E-state index contributed by atoms with van der Waals surface area (Å²) in [5.41, 5.74) is 0.983. The Labute approximate surface area is 171 Å². The van der Waals surface area contributed by atoms with Crippen LogP contribution in [0.25, 0.3) is 10.9 Å². The predicted molar refractivity (Wildman–Crippen MR) is 116 cm³/mol. The van der Waals surface area contributed by atoms with E-state index in [0.717, 1.165) is 48.6 Å². The van der Waals surface area contributed by atoms with Gasteiger partial charge in [0.1, 0.15) is 5.82 Å². The van der Waals surface area contributed by atoms with Gasteiger partial charge in [-0.15, -0.1) is 0 Å². The monoisotopic (exact) mass is 398 g/mol. The van der Waals surface area contributed by atoms with Gasteiger partial charge in [0.2, 0.25) is 0 Å². The number of likely N-dealkylation sites (tertiary alicyclic amines) is 1. The van der Waals surface area contributed by atoms with E-state index in [1.54, 1.807) is 11.9 Å². The van der Waals surface area contributed by atoms with Gasteiger partial charge in [0, 0.05) is 44.7 Å². The summed E-state index contributed by atoms with van der Waals surface area (Å²) in [6.45, 7) is 5.08. The summed E-state index contributed by atoms with van der Waals surface area (Å²) in [6, 6.07) is 12.4. The number of hydrogen-bond donors (Lipinski definition) is 3. The van der Waals surface area contributed by atoms with E-state index in [1.165, 1.54) is 0 Å². The quantitative estimate of drug-likeness (QED) is 0.393. The summed E-state index contributed by atoms with van der Waals surface area (Å²) < 4.78 is 5.06. The van der Waals surface area contributed by atoms with Gasteiger partial charge in [-0.2, -0.15) is 0 Å². The maximum atomic E-state index is 11.8. The fourth-order valence-electron chi connectivity index (χ4n) is 3.35. The number of ether oxygens (including phenoxy) is 1. The van der Waals surface area contributed by atoms with E-state index >= 15 is 0 Å². The van der Waals surface area contributed by atoms with Crippen molar-refractivity contribution in [1.82, 2.24) is 20.5 Å². The van der Waals surface area contributed by atoms with Gasteiger partial charge in [-0.1, -0.05) is 18.2 Å². The van der Waals surface area contributed by atoms with Crippen LogP contribution < -0.4 is 16.0 Å². The van der Waals surface area contributed by atoms with Crippen LogP contribution in [0.3, 0.4) is 0 Å². The molecule has 0 radical (unpaired) electrons. The minimum Gasteiger partial charge on any atom is -0.450 e. The van der Waals surface area contributed by atoms with Crippen molar-refractivity contribution in [2.45, 2.75) is 25.8 Å². The van der Waals surface area contributed by atoms with E-state index < -0.39 is 0 Å². The number of benzene rings is 1. The first kappa shape index (κ1) is 20.7. The van der Waals surface area contributed by atoms with Crippen LogP contribution in [-0.2, 0) is 4.74 Å². The molecule has 8 nitrogen and oxygen atoms in total. The van der Waals surface area contributed by atoms with Crippen molar-refractivity contribution in [1.29, 1.82) is 0 Å². The Bertz CT molecular complexity index is 833. The highest BCUT2D eigenvalue weighted by atomic mass is 16.6. The molecule has 1 aliphatic heterocycles. The molecule has 0 atom stereocenters. The second-order valence-electron chi connectivity index (χ2n) is 6.92. The van der Waals surface area contributed by atoms with Crippen LogP contribution in [0.2, 0.25) is 0 Å². The largest absolute Gasteiger partial charge is 0.450 e. The maximum Gasteiger partial charge on any atom is 0.409 e. The Kier molecular flexibility index (Phi) is 7.49. The van der Waals surface area contributed by atoms with Crippen LogP contribution in [0, 0.1) is 0 Å². The normalized spacial score (nSPS) is 15.2. The van der Waals surface area contributed by atoms with E-state index in [0.29, 0.717) is 25.7 Å². The molecule has 0 saturated carbocycles. The number of fused-ring (bicyclic) bond motifs is 1. The Morgan fingerprint density at radius 2 is 2.00 bits per heavy atom. The van der Waals surface area contributed by atoms with Gasteiger partial charge in [-0.3, -0.25) is 4.99 Å². The summed E-state index contributed by atoms with van der Waals surface area (Å²) >= 11 is 0. The van der Waals surface area contributed by atoms with Crippen molar-refractivity contribution in [3.63, 3.8) is 0 Å². The van der Waals surface area contributed by atoms with Gasteiger partial charge in [0.05, 0.1) is 12.1 Å². The summed E-state index contributed by atoms with van der Waals surface area (Å²) in [6.07, 6.45) is 1.53. The Morgan fingerprint density at radius 3 is 2.76 bits per heavy atom.